The molecule has 0 spiro atoms. The lowest BCUT2D eigenvalue weighted by Gasteiger charge is -2.13. The Balaban J connectivity index is 2.30. The fraction of sp³-hybridized carbons (Fsp3) is 0.250. The Morgan fingerprint density at radius 1 is 1.24 bits per heavy atom. The number of hydrogen-bond acceptors (Lipinski definition) is 5. The molecule has 1 aromatic carbocycles. The average Bonchev–Trinajstić information content (AvgIpc) is 2.44. The minimum Gasteiger partial charge on any atom is -0.462 e. The maximum Gasteiger partial charge on any atom is 0.338 e. The number of hydrogen-bond donors (Lipinski definition) is 2. The first kappa shape index (κ1) is 14.8. The van der Waals surface area contributed by atoms with E-state index in [1.54, 1.807) is 25.1 Å². The van der Waals surface area contributed by atoms with Crippen LogP contribution in [-0.4, -0.2) is 17.6 Å². The van der Waals surface area contributed by atoms with Crippen LogP contribution < -0.4 is 11.1 Å². The summed E-state index contributed by atoms with van der Waals surface area (Å²) in [6.45, 7) is 5.97. The van der Waals surface area contributed by atoms with Crippen LogP contribution in [0.1, 0.15) is 28.7 Å². The van der Waals surface area contributed by atoms with Crippen LogP contribution in [0, 0.1) is 13.8 Å². The number of nitrogens with two attached hydrogens (primary N) is 1. The zero-order valence-corrected chi connectivity index (χ0v) is 12.4. The number of aryl methyl sites for hydroxylation is 2. The Morgan fingerprint density at radius 3 is 2.67 bits per heavy atom. The Hall–Kier alpha value is -2.56. The molecule has 0 fully saturated rings. The van der Waals surface area contributed by atoms with Gasteiger partial charge in [0, 0.05) is 5.69 Å². The van der Waals surface area contributed by atoms with E-state index in [9.17, 15) is 4.79 Å². The first-order valence-electron chi connectivity index (χ1n) is 6.79. The molecule has 21 heavy (non-hydrogen) atoms. The summed E-state index contributed by atoms with van der Waals surface area (Å²) in [5.41, 5.74) is 10.3. The van der Waals surface area contributed by atoms with E-state index in [2.05, 4.69) is 10.3 Å². The van der Waals surface area contributed by atoms with Gasteiger partial charge in [-0.1, -0.05) is 0 Å². The van der Waals surface area contributed by atoms with Crippen LogP contribution in [0.3, 0.4) is 0 Å². The Bertz CT molecular complexity index is 669. The van der Waals surface area contributed by atoms with Crippen molar-refractivity contribution in [2.75, 3.05) is 17.7 Å². The number of nitrogens with zero attached hydrogens (tertiary/aromatic N) is 1. The summed E-state index contributed by atoms with van der Waals surface area (Å²) < 4.78 is 4.99. The molecule has 0 aliphatic heterocycles. The molecule has 0 aliphatic carbocycles. The highest BCUT2D eigenvalue weighted by Gasteiger charge is 2.10. The van der Waals surface area contributed by atoms with Crippen LogP contribution in [0.25, 0.3) is 0 Å². The minimum absolute atomic E-state index is 0.340. The predicted octanol–water partition coefficient (Wildman–Crippen LogP) is 3.20. The van der Waals surface area contributed by atoms with Crippen molar-refractivity contribution < 1.29 is 9.53 Å². The van der Waals surface area contributed by atoms with Gasteiger partial charge in [0.25, 0.3) is 0 Å². The number of benzene rings is 1. The smallest absolute Gasteiger partial charge is 0.338 e. The molecule has 0 saturated heterocycles. The molecule has 5 heteroatoms. The molecular formula is C16H19N3O2. The topological polar surface area (TPSA) is 77.2 Å². The third kappa shape index (κ3) is 3.51. The molecule has 110 valence electrons. The summed E-state index contributed by atoms with van der Waals surface area (Å²) >= 11 is 0. The maximum absolute atomic E-state index is 11.8. The van der Waals surface area contributed by atoms with Gasteiger partial charge in [0.2, 0.25) is 0 Å². The van der Waals surface area contributed by atoms with Crippen molar-refractivity contribution in [2.45, 2.75) is 20.8 Å². The Kier molecular flexibility index (Phi) is 4.42. The summed E-state index contributed by atoms with van der Waals surface area (Å²) in [6.07, 6.45) is 0. The molecule has 0 bridgehead atoms. The molecule has 3 N–H and O–H groups in total. The number of carbonyl (C=O) groups is 1. The maximum atomic E-state index is 11.8. The monoisotopic (exact) mass is 285 g/mol. The van der Waals surface area contributed by atoms with Crippen molar-refractivity contribution >= 4 is 23.0 Å². The number of pyridine rings is 1. The summed E-state index contributed by atoms with van der Waals surface area (Å²) in [6, 6.07) is 8.88. The van der Waals surface area contributed by atoms with E-state index < -0.39 is 0 Å². The molecule has 0 saturated carbocycles. The number of nitrogen functional groups attached to an aromatic ring is 1. The molecule has 0 atom stereocenters. The van der Waals surface area contributed by atoms with Crippen molar-refractivity contribution in [2.24, 2.45) is 0 Å². The van der Waals surface area contributed by atoms with Gasteiger partial charge >= 0.3 is 5.97 Å². The van der Waals surface area contributed by atoms with Gasteiger partial charge in [-0.3, -0.25) is 4.98 Å². The highest BCUT2D eigenvalue weighted by molar-refractivity contribution is 5.92. The number of aromatic nitrogens is 1. The number of carbonyl (C=O) groups excluding carboxylic acids is 1. The Morgan fingerprint density at radius 2 is 2.00 bits per heavy atom. The number of ether oxygens (including phenoxy) is 1. The molecule has 5 nitrogen and oxygen atoms in total. The van der Waals surface area contributed by atoms with E-state index in [-0.39, 0.29) is 5.97 Å². The lowest BCUT2D eigenvalue weighted by Crippen LogP contribution is -2.06. The largest absolute Gasteiger partial charge is 0.462 e. The Labute approximate surface area is 124 Å². The zero-order valence-electron chi connectivity index (χ0n) is 12.4. The molecule has 1 aromatic heterocycles. The SMILES string of the molecule is CCOC(=O)c1ccc(N)c(Nc2ccc(C)nc2C)c1. The third-order valence-corrected chi connectivity index (χ3v) is 3.06. The highest BCUT2D eigenvalue weighted by Crippen LogP contribution is 2.26. The average molecular weight is 285 g/mol. The van der Waals surface area contributed by atoms with Gasteiger partial charge in [-0.05, 0) is 51.1 Å². The lowest BCUT2D eigenvalue weighted by molar-refractivity contribution is 0.0526. The van der Waals surface area contributed by atoms with Gasteiger partial charge < -0.3 is 15.8 Å². The van der Waals surface area contributed by atoms with E-state index in [0.717, 1.165) is 17.1 Å². The standard InChI is InChI=1S/C16H19N3O2/c1-4-21-16(20)12-6-7-13(17)15(9-12)19-14-8-5-10(2)18-11(14)3/h5-9,19H,4,17H2,1-3H3. The fourth-order valence-corrected chi connectivity index (χ4v) is 1.97. The van der Waals surface area contributed by atoms with E-state index in [1.807, 2.05) is 26.0 Å². The van der Waals surface area contributed by atoms with Crippen LogP contribution in [0.15, 0.2) is 30.3 Å². The summed E-state index contributed by atoms with van der Waals surface area (Å²) in [4.78, 5) is 16.2. The zero-order chi connectivity index (χ0) is 15.4. The van der Waals surface area contributed by atoms with Crippen molar-refractivity contribution in [3.63, 3.8) is 0 Å². The van der Waals surface area contributed by atoms with Crippen molar-refractivity contribution in [1.82, 2.24) is 4.98 Å². The van der Waals surface area contributed by atoms with Crippen LogP contribution in [0.4, 0.5) is 17.1 Å². The first-order valence-corrected chi connectivity index (χ1v) is 6.79. The van der Waals surface area contributed by atoms with Gasteiger partial charge in [-0.15, -0.1) is 0 Å². The molecular weight excluding hydrogens is 266 g/mol. The first-order chi connectivity index (χ1) is 10.0. The van der Waals surface area contributed by atoms with Crippen molar-refractivity contribution in [1.29, 1.82) is 0 Å². The molecule has 2 rings (SSSR count). The normalized spacial score (nSPS) is 10.2. The summed E-state index contributed by atoms with van der Waals surface area (Å²) in [5.74, 6) is -0.362. The number of nitrogens with one attached hydrogen (secondary N) is 1. The van der Waals surface area contributed by atoms with E-state index in [4.69, 9.17) is 10.5 Å². The molecule has 1 heterocycles. The highest BCUT2D eigenvalue weighted by atomic mass is 16.5. The van der Waals surface area contributed by atoms with Crippen molar-refractivity contribution in [3.05, 3.63) is 47.3 Å². The van der Waals surface area contributed by atoms with Gasteiger partial charge in [0.05, 0.1) is 34.9 Å². The van der Waals surface area contributed by atoms with Crippen LogP contribution in [-0.2, 0) is 4.74 Å². The minimum atomic E-state index is -0.362. The third-order valence-electron chi connectivity index (χ3n) is 3.06. The summed E-state index contributed by atoms with van der Waals surface area (Å²) in [5, 5.41) is 3.21. The van der Waals surface area contributed by atoms with E-state index in [1.165, 1.54) is 0 Å². The molecule has 2 aromatic rings. The van der Waals surface area contributed by atoms with E-state index >= 15 is 0 Å². The van der Waals surface area contributed by atoms with Gasteiger partial charge in [0.15, 0.2) is 0 Å². The van der Waals surface area contributed by atoms with Crippen LogP contribution in [0.2, 0.25) is 0 Å². The quantitative estimate of drug-likeness (QED) is 0.666. The van der Waals surface area contributed by atoms with Crippen LogP contribution >= 0.6 is 0 Å². The summed E-state index contributed by atoms with van der Waals surface area (Å²) in [7, 11) is 0. The van der Waals surface area contributed by atoms with E-state index in [0.29, 0.717) is 23.5 Å². The molecule has 0 unspecified atom stereocenters. The van der Waals surface area contributed by atoms with Gasteiger partial charge in [-0.2, -0.15) is 0 Å². The second-order valence-electron chi connectivity index (χ2n) is 4.73. The number of rotatable bonds is 4. The molecule has 0 radical (unpaired) electrons. The lowest BCUT2D eigenvalue weighted by atomic mass is 10.1. The second-order valence-corrected chi connectivity index (χ2v) is 4.73. The predicted molar refractivity (Wildman–Crippen MR) is 83.8 cm³/mol. The van der Waals surface area contributed by atoms with Crippen LogP contribution in [0.5, 0.6) is 0 Å². The van der Waals surface area contributed by atoms with Crippen molar-refractivity contribution in [3.8, 4) is 0 Å². The van der Waals surface area contributed by atoms with Gasteiger partial charge in [-0.25, -0.2) is 4.79 Å². The number of anilines is 3. The molecule has 0 amide bonds. The van der Waals surface area contributed by atoms with Gasteiger partial charge in [0.1, 0.15) is 0 Å². The molecule has 0 aliphatic rings. The fourth-order valence-electron chi connectivity index (χ4n) is 1.97. The second kappa shape index (κ2) is 6.26. The number of esters is 1.